The second kappa shape index (κ2) is 4.98. The molecule has 0 saturated carbocycles. The van der Waals surface area contributed by atoms with E-state index in [0.29, 0.717) is 16.6 Å². The summed E-state index contributed by atoms with van der Waals surface area (Å²) in [6.45, 7) is 4.62. The van der Waals surface area contributed by atoms with Crippen molar-refractivity contribution < 1.29 is 0 Å². The number of aromatic nitrogens is 2. The van der Waals surface area contributed by atoms with Gasteiger partial charge in [-0.15, -0.1) is 0 Å². The number of benzene rings is 1. The Hall–Kier alpha value is -1.19. The lowest BCUT2D eigenvalue weighted by molar-refractivity contribution is 0.988. The number of hydrogen-bond donors (Lipinski definition) is 2. The Morgan fingerprint density at radius 1 is 1.24 bits per heavy atom. The van der Waals surface area contributed by atoms with Crippen molar-refractivity contribution in [2.45, 2.75) is 20.4 Å². The van der Waals surface area contributed by atoms with Gasteiger partial charge >= 0.3 is 0 Å². The molecular weight excluding hydrogens is 257 g/mol. The fraction of sp³-hybridized carbons (Fsp3) is 0.250. The lowest BCUT2D eigenvalue weighted by Crippen LogP contribution is -2.01. The van der Waals surface area contributed by atoms with E-state index in [0.717, 1.165) is 22.9 Å². The van der Waals surface area contributed by atoms with Crippen molar-refractivity contribution in [2.75, 3.05) is 5.32 Å². The van der Waals surface area contributed by atoms with E-state index in [1.807, 2.05) is 19.9 Å². The van der Waals surface area contributed by atoms with Crippen LogP contribution in [0.1, 0.15) is 17.2 Å². The molecule has 1 aromatic heterocycles. The Kier molecular flexibility index (Phi) is 3.60. The van der Waals surface area contributed by atoms with Crippen LogP contribution in [-0.2, 0) is 6.54 Å². The number of halogens is 2. The van der Waals surface area contributed by atoms with Crippen molar-refractivity contribution >= 4 is 28.9 Å². The summed E-state index contributed by atoms with van der Waals surface area (Å²) in [7, 11) is 0. The molecule has 2 rings (SSSR count). The molecule has 3 nitrogen and oxygen atoms in total. The van der Waals surface area contributed by atoms with Crippen molar-refractivity contribution in [1.82, 2.24) is 9.97 Å². The Balaban J connectivity index is 2.04. The second-order valence-electron chi connectivity index (χ2n) is 3.88. The minimum Gasteiger partial charge on any atom is -0.378 e. The van der Waals surface area contributed by atoms with E-state index in [1.54, 1.807) is 12.1 Å². The molecule has 0 aliphatic heterocycles. The molecule has 0 atom stereocenters. The number of imidazole rings is 1. The fourth-order valence-electron chi connectivity index (χ4n) is 1.50. The first-order chi connectivity index (χ1) is 8.06. The molecule has 0 bridgehead atoms. The van der Waals surface area contributed by atoms with Crippen LogP contribution in [0.5, 0.6) is 0 Å². The summed E-state index contributed by atoms with van der Waals surface area (Å²) in [5.41, 5.74) is 3.04. The molecule has 0 radical (unpaired) electrons. The standard InChI is InChI=1S/C12H13Cl2N3/c1-7-8(2)17-12(16-7)6-15-9-3-4-10(13)11(14)5-9/h3-5,15H,6H2,1-2H3,(H,16,17). The number of H-pyrrole nitrogens is 1. The first-order valence-electron chi connectivity index (χ1n) is 5.27. The van der Waals surface area contributed by atoms with Crippen molar-refractivity contribution in [1.29, 1.82) is 0 Å². The van der Waals surface area contributed by atoms with Gasteiger partial charge in [-0.05, 0) is 32.0 Å². The molecule has 90 valence electrons. The van der Waals surface area contributed by atoms with Crippen LogP contribution in [0.2, 0.25) is 10.0 Å². The number of nitrogens with one attached hydrogen (secondary N) is 2. The molecule has 0 aliphatic rings. The summed E-state index contributed by atoms with van der Waals surface area (Å²) in [6.07, 6.45) is 0. The molecule has 1 aromatic carbocycles. The molecule has 2 aromatic rings. The molecule has 0 amide bonds. The van der Waals surface area contributed by atoms with E-state index in [2.05, 4.69) is 15.3 Å². The average Bonchev–Trinajstić information content (AvgIpc) is 2.60. The molecule has 0 fully saturated rings. The van der Waals surface area contributed by atoms with Gasteiger partial charge in [-0.25, -0.2) is 4.98 Å². The van der Waals surface area contributed by atoms with Crippen molar-refractivity contribution in [3.63, 3.8) is 0 Å². The number of anilines is 1. The van der Waals surface area contributed by atoms with Gasteiger partial charge in [-0.2, -0.15) is 0 Å². The minimum absolute atomic E-state index is 0.545. The van der Waals surface area contributed by atoms with Gasteiger partial charge in [-0.1, -0.05) is 23.2 Å². The van der Waals surface area contributed by atoms with Gasteiger partial charge in [0.2, 0.25) is 0 Å². The molecule has 0 spiro atoms. The zero-order valence-corrected chi connectivity index (χ0v) is 11.2. The Morgan fingerprint density at radius 2 is 2.00 bits per heavy atom. The van der Waals surface area contributed by atoms with Crippen LogP contribution in [0.3, 0.4) is 0 Å². The van der Waals surface area contributed by atoms with Crippen LogP contribution in [-0.4, -0.2) is 9.97 Å². The summed E-state index contributed by atoms with van der Waals surface area (Å²) < 4.78 is 0. The van der Waals surface area contributed by atoms with Crippen LogP contribution < -0.4 is 5.32 Å². The third kappa shape index (κ3) is 2.93. The summed E-state index contributed by atoms with van der Waals surface area (Å²) >= 11 is 11.8. The largest absolute Gasteiger partial charge is 0.378 e. The fourth-order valence-corrected chi connectivity index (χ4v) is 1.79. The minimum atomic E-state index is 0.545. The molecular formula is C12H13Cl2N3. The van der Waals surface area contributed by atoms with E-state index in [4.69, 9.17) is 23.2 Å². The predicted octanol–water partition coefficient (Wildman–Crippen LogP) is 3.95. The number of hydrogen-bond acceptors (Lipinski definition) is 2. The summed E-state index contributed by atoms with van der Waals surface area (Å²) in [4.78, 5) is 7.60. The maximum absolute atomic E-state index is 5.93. The van der Waals surface area contributed by atoms with Crippen LogP contribution in [0.15, 0.2) is 18.2 Å². The van der Waals surface area contributed by atoms with Gasteiger partial charge < -0.3 is 10.3 Å². The highest BCUT2D eigenvalue weighted by Gasteiger charge is 2.03. The molecule has 0 unspecified atom stereocenters. The topological polar surface area (TPSA) is 40.7 Å². The molecule has 1 heterocycles. The molecule has 5 heteroatoms. The third-order valence-corrected chi connectivity index (χ3v) is 3.30. The van der Waals surface area contributed by atoms with E-state index in [-0.39, 0.29) is 0 Å². The van der Waals surface area contributed by atoms with E-state index in [1.165, 1.54) is 0 Å². The maximum atomic E-state index is 5.93. The highest BCUT2D eigenvalue weighted by atomic mass is 35.5. The van der Waals surface area contributed by atoms with Gasteiger partial charge in [0.1, 0.15) is 5.82 Å². The monoisotopic (exact) mass is 269 g/mol. The van der Waals surface area contributed by atoms with Gasteiger partial charge in [0.15, 0.2) is 0 Å². The summed E-state index contributed by atoms with van der Waals surface area (Å²) in [5.74, 6) is 0.908. The Labute approximate surface area is 110 Å². The highest BCUT2D eigenvalue weighted by molar-refractivity contribution is 6.42. The van der Waals surface area contributed by atoms with Gasteiger partial charge in [0.25, 0.3) is 0 Å². The zero-order valence-electron chi connectivity index (χ0n) is 9.64. The predicted molar refractivity (Wildman–Crippen MR) is 71.9 cm³/mol. The second-order valence-corrected chi connectivity index (χ2v) is 4.69. The summed E-state index contributed by atoms with van der Waals surface area (Å²) in [5, 5.41) is 4.33. The first-order valence-corrected chi connectivity index (χ1v) is 6.03. The van der Waals surface area contributed by atoms with Crippen LogP contribution >= 0.6 is 23.2 Å². The smallest absolute Gasteiger partial charge is 0.125 e. The van der Waals surface area contributed by atoms with Crippen molar-refractivity contribution in [3.05, 3.63) is 45.5 Å². The van der Waals surface area contributed by atoms with E-state index in [9.17, 15) is 0 Å². The van der Waals surface area contributed by atoms with Crippen molar-refractivity contribution in [2.24, 2.45) is 0 Å². The molecule has 17 heavy (non-hydrogen) atoms. The van der Waals surface area contributed by atoms with Crippen LogP contribution in [0, 0.1) is 13.8 Å². The quantitative estimate of drug-likeness (QED) is 0.886. The van der Waals surface area contributed by atoms with Crippen LogP contribution in [0.25, 0.3) is 0 Å². The first kappa shape index (κ1) is 12.3. The third-order valence-electron chi connectivity index (χ3n) is 2.56. The molecule has 0 saturated heterocycles. The normalized spacial score (nSPS) is 10.6. The SMILES string of the molecule is Cc1nc(CNc2ccc(Cl)c(Cl)c2)[nH]c1C. The zero-order chi connectivity index (χ0) is 12.4. The number of aromatic amines is 1. The van der Waals surface area contributed by atoms with E-state index < -0.39 is 0 Å². The van der Waals surface area contributed by atoms with E-state index >= 15 is 0 Å². The number of aryl methyl sites for hydroxylation is 2. The molecule has 2 N–H and O–H groups in total. The van der Waals surface area contributed by atoms with Gasteiger partial charge in [-0.3, -0.25) is 0 Å². The summed E-state index contributed by atoms with van der Waals surface area (Å²) in [6, 6.07) is 5.45. The Morgan fingerprint density at radius 3 is 2.59 bits per heavy atom. The Bertz CT molecular complexity index is 515. The average molecular weight is 270 g/mol. The lowest BCUT2D eigenvalue weighted by Gasteiger charge is -2.05. The maximum Gasteiger partial charge on any atom is 0.125 e. The van der Waals surface area contributed by atoms with Gasteiger partial charge in [0.05, 0.1) is 22.3 Å². The lowest BCUT2D eigenvalue weighted by atomic mass is 10.3. The number of nitrogens with zero attached hydrogens (tertiary/aromatic N) is 1. The van der Waals surface area contributed by atoms with Crippen molar-refractivity contribution in [3.8, 4) is 0 Å². The van der Waals surface area contributed by atoms with Crippen LogP contribution in [0.4, 0.5) is 5.69 Å². The molecule has 0 aliphatic carbocycles. The van der Waals surface area contributed by atoms with Gasteiger partial charge in [0, 0.05) is 11.4 Å². The highest BCUT2D eigenvalue weighted by Crippen LogP contribution is 2.25. The number of rotatable bonds is 3.